The summed E-state index contributed by atoms with van der Waals surface area (Å²) in [5.41, 5.74) is 2.70. The van der Waals surface area contributed by atoms with Crippen LogP contribution in [0.4, 0.5) is 0 Å². The van der Waals surface area contributed by atoms with Gasteiger partial charge in [-0.25, -0.2) is 0 Å². The van der Waals surface area contributed by atoms with Gasteiger partial charge < -0.3 is 4.74 Å². The van der Waals surface area contributed by atoms with Gasteiger partial charge >= 0.3 is 0 Å². The van der Waals surface area contributed by atoms with Crippen molar-refractivity contribution in [1.29, 1.82) is 0 Å². The van der Waals surface area contributed by atoms with Crippen molar-refractivity contribution < 1.29 is 4.74 Å². The molecule has 104 valence electrons. The van der Waals surface area contributed by atoms with Crippen molar-refractivity contribution in [3.63, 3.8) is 0 Å². The summed E-state index contributed by atoms with van der Waals surface area (Å²) in [6, 6.07) is 0. The third-order valence-electron chi connectivity index (χ3n) is 4.08. The molecule has 0 spiro atoms. The minimum atomic E-state index is 0.440. The molecule has 0 bridgehead atoms. The summed E-state index contributed by atoms with van der Waals surface area (Å²) >= 11 is 0. The van der Waals surface area contributed by atoms with E-state index in [1.807, 2.05) is 24.0 Å². The zero-order chi connectivity index (χ0) is 13.2. The van der Waals surface area contributed by atoms with Crippen molar-refractivity contribution in [2.45, 2.75) is 25.3 Å². The number of nitrogens with zero attached hydrogens (tertiary/aromatic N) is 3. The topological polar surface area (TPSA) is 30.3 Å². The Morgan fingerprint density at radius 2 is 2.32 bits per heavy atom. The predicted molar refractivity (Wildman–Crippen MR) is 75.0 cm³/mol. The average molecular weight is 261 g/mol. The molecule has 4 nitrogen and oxygen atoms in total. The van der Waals surface area contributed by atoms with Crippen molar-refractivity contribution in [3.8, 4) is 0 Å². The van der Waals surface area contributed by atoms with Crippen LogP contribution in [0.3, 0.4) is 0 Å². The van der Waals surface area contributed by atoms with Crippen LogP contribution in [0, 0.1) is 5.92 Å². The number of fused-ring (bicyclic) bond motifs is 1. The lowest BCUT2D eigenvalue weighted by Crippen LogP contribution is -2.36. The second-order valence-corrected chi connectivity index (χ2v) is 5.84. The highest BCUT2D eigenvalue weighted by atomic mass is 16.5. The van der Waals surface area contributed by atoms with Crippen LogP contribution >= 0.6 is 0 Å². The Morgan fingerprint density at radius 1 is 1.47 bits per heavy atom. The normalized spacial score (nSPS) is 23.3. The largest absolute Gasteiger partial charge is 0.380 e. The van der Waals surface area contributed by atoms with Gasteiger partial charge in [-0.15, -0.1) is 6.58 Å². The molecule has 0 N–H and O–H groups in total. The van der Waals surface area contributed by atoms with Crippen LogP contribution in [0.15, 0.2) is 18.9 Å². The maximum atomic E-state index is 5.91. The van der Waals surface area contributed by atoms with Gasteiger partial charge in [0.05, 0.1) is 12.8 Å². The van der Waals surface area contributed by atoms with E-state index in [0.29, 0.717) is 5.92 Å². The molecule has 0 amide bonds. The first-order valence-electron chi connectivity index (χ1n) is 7.19. The Labute approximate surface area is 115 Å². The van der Waals surface area contributed by atoms with E-state index in [2.05, 4.69) is 16.6 Å². The van der Waals surface area contributed by atoms with Gasteiger partial charge in [0.25, 0.3) is 0 Å². The van der Waals surface area contributed by atoms with Gasteiger partial charge in [0.2, 0.25) is 0 Å². The summed E-state index contributed by atoms with van der Waals surface area (Å²) in [6.45, 7) is 8.56. The van der Waals surface area contributed by atoms with E-state index in [1.54, 1.807) is 0 Å². The maximum absolute atomic E-state index is 5.91. The molecule has 2 heterocycles. The Balaban J connectivity index is 1.68. The number of hydrogen-bond donors (Lipinski definition) is 0. The minimum Gasteiger partial charge on any atom is -0.380 e. The maximum Gasteiger partial charge on any atom is 0.0562 e. The van der Waals surface area contributed by atoms with Crippen LogP contribution in [0.1, 0.15) is 30.0 Å². The zero-order valence-corrected chi connectivity index (χ0v) is 11.7. The summed E-state index contributed by atoms with van der Waals surface area (Å²) in [4.78, 5) is 2.42. The molecule has 0 aromatic carbocycles. The second-order valence-electron chi connectivity index (χ2n) is 5.84. The fourth-order valence-corrected chi connectivity index (χ4v) is 2.96. The Hall–Kier alpha value is -1.13. The number of rotatable bonds is 6. The summed E-state index contributed by atoms with van der Waals surface area (Å²) in [7, 11) is 2.04. The molecule has 1 atom stereocenters. The zero-order valence-electron chi connectivity index (χ0n) is 11.7. The molecule has 1 aromatic heterocycles. The number of aromatic nitrogens is 2. The van der Waals surface area contributed by atoms with Crippen molar-refractivity contribution in [2.24, 2.45) is 13.0 Å². The van der Waals surface area contributed by atoms with Gasteiger partial charge in [0.15, 0.2) is 0 Å². The molecule has 4 heteroatoms. The molecule has 0 radical (unpaired) electrons. The molecule has 3 rings (SSSR count). The third-order valence-corrected chi connectivity index (χ3v) is 4.08. The average Bonchev–Trinajstić information content (AvgIpc) is 3.13. The Bertz CT molecular complexity index is 450. The first-order chi connectivity index (χ1) is 9.28. The van der Waals surface area contributed by atoms with Crippen LogP contribution in [0.2, 0.25) is 0 Å². The van der Waals surface area contributed by atoms with Crippen molar-refractivity contribution in [2.75, 3.05) is 26.3 Å². The number of ether oxygens (including phenoxy) is 1. The second kappa shape index (κ2) is 5.47. The quantitative estimate of drug-likeness (QED) is 0.733. The van der Waals surface area contributed by atoms with Gasteiger partial charge in [-0.1, -0.05) is 6.08 Å². The molecule has 0 unspecified atom stereocenters. The highest BCUT2D eigenvalue weighted by Gasteiger charge is 2.29. The fraction of sp³-hybridized carbons (Fsp3) is 0.667. The molecule has 1 saturated carbocycles. The summed E-state index contributed by atoms with van der Waals surface area (Å²) in [5, 5.41) is 4.41. The predicted octanol–water partition coefficient (Wildman–Crippen LogP) is 1.93. The van der Waals surface area contributed by atoms with E-state index >= 15 is 0 Å². The summed E-state index contributed by atoms with van der Waals surface area (Å²) in [5.74, 6) is 1.27. The molecule has 0 saturated heterocycles. The Kier molecular flexibility index (Phi) is 3.71. The molecule has 2 aliphatic rings. The van der Waals surface area contributed by atoms with Crippen LogP contribution in [0.5, 0.6) is 0 Å². The SMILES string of the molecule is C=CCN1Cc2cnn(C)c2[C@@H](COCC2CC2)C1. The molecule has 1 fully saturated rings. The molecular weight excluding hydrogens is 238 g/mol. The van der Waals surface area contributed by atoms with Gasteiger partial charge in [-0.2, -0.15) is 5.10 Å². The fourth-order valence-electron chi connectivity index (χ4n) is 2.96. The molecular formula is C15H23N3O. The number of aryl methyl sites for hydroxylation is 1. The van der Waals surface area contributed by atoms with Crippen LogP contribution < -0.4 is 0 Å². The highest BCUT2D eigenvalue weighted by Crippen LogP contribution is 2.31. The lowest BCUT2D eigenvalue weighted by atomic mass is 9.97. The van der Waals surface area contributed by atoms with Gasteiger partial charge in [-0.3, -0.25) is 9.58 Å². The standard InChI is InChI=1S/C15H23N3O/c1-3-6-18-8-13-7-16-17(2)15(13)14(9-18)11-19-10-12-4-5-12/h3,7,12,14H,1,4-6,8-11H2,2H3/t14-/m1/s1. The van der Waals surface area contributed by atoms with E-state index in [4.69, 9.17) is 4.74 Å². The van der Waals surface area contributed by atoms with E-state index < -0.39 is 0 Å². The highest BCUT2D eigenvalue weighted by molar-refractivity contribution is 5.25. The van der Waals surface area contributed by atoms with Crippen molar-refractivity contribution >= 4 is 0 Å². The lowest BCUT2D eigenvalue weighted by Gasteiger charge is -2.32. The van der Waals surface area contributed by atoms with Crippen LogP contribution in [0.25, 0.3) is 0 Å². The first-order valence-corrected chi connectivity index (χ1v) is 7.19. The van der Waals surface area contributed by atoms with E-state index in [1.165, 1.54) is 24.1 Å². The summed E-state index contributed by atoms with van der Waals surface area (Å²) < 4.78 is 7.93. The van der Waals surface area contributed by atoms with Crippen LogP contribution in [-0.2, 0) is 18.3 Å². The van der Waals surface area contributed by atoms with Crippen molar-refractivity contribution in [1.82, 2.24) is 14.7 Å². The summed E-state index contributed by atoms with van der Waals surface area (Å²) in [6.07, 6.45) is 6.68. The molecule has 1 aromatic rings. The first kappa shape index (κ1) is 12.9. The third kappa shape index (κ3) is 2.90. The molecule has 1 aliphatic carbocycles. The van der Waals surface area contributed by atoms with Gasteiger partial charge in [0.1, 0.15) is 0 Å². The monoisotopic (exact) mass is 261 g/mol. The van der Waals surface area contributed by atoms with E-state index in [0.717, 1.165) is 38.8 Å². The van der Waals surface area contributed by atoms with E-state index in [-0.39, 0.29) is 0 Å². The minimum absolute atomic E-state index is 0.440. The van der Waals surface area contributed by atoms with E-state index in [9.17, 15) is 0 Å². The smallest absolute Gasteiger partial charge is 0.0562 e. The molecule has 1 aliphatic heterocycles. The van der Waals surface area contributed by atoms with Gasteiger partial charge in [0, 0.05) is 50.5 Å². The lowest BCUT2D eigenvalue weighted by molar-refractivity contribution is 0.0909. The van der Waals surface area contributed by atoms with Gasteiger partial charge in [-0.05, 0) is 18.8 Å². The number of hydrogen-bond acceptors (Lipinski definition) is 3. The van der Waals surface area contributed by atoms with Crippen LogP contribution in [-0.4, -0.2) is 41.0 Å². The Morgan fingerprint density at radius 3 is 3.05 bits per heavy atom. The molecule has 19 heavy (non-hydrogen) atoms. The van der Waals surface area contributed by atoms with Crippen molar-refractivity contribution in [3.05, 3.63) is 30.1 Å².